The summed E-state index contributed by atoms with van der Waals surface area (Å²) < 4.78 is 2.31. The predicted molar refractivity (Wildman–Crippen MR) is 115 cm³/mol. The molecule has 1 aromatic carbocycles. The van der Waals surface area contributed by atoms with E-state index in [2.05, 4.69) is 97.3 Å². The first-order valence-electron chi connectivity index (χ1n) is 9.93. The van der Waals surface area contributed by atoms with Crippen molar-refractivity contribution < 1.29 is 4.57 Å². The third-order valence-corrected chi connectivity index (χ3v) is 5.79. The molecule has 0 unspecified atom stereocenters. The van der Waals surface area contributed by atoms with Gasteiger partial charge >= 0.3 is 0 Å². The van der Waals surface area contributed by atoms with Crippen molar-refractivity contribution in [3.05, 3.63) is 58.4 Å². The molecule has 0 aliphatic heterocycles. The Kier molecular flexibility index (Phi) is 4.88. The second-order valence-electron chi connectivity index (χ2n) is 9.23. The van der Waals surface area contributed by atoms with E-state index in [1.54, 1.807) is 0 Å². The summed E-state index contributed by atoms with van der Waals surface area (Å²) in [6, 6.07) is 11.4. The van der Waals surface area contributed by atoms with Crippen molar-refractivity contribution in [1.82, 2.24) is 4.98 Å². The molecule has 0 saturated carbocycles. The first-order chi connectivity index (χ1) is 12.5. The van der Waals surface area contributed by atoms with E-state index in [-0.39, 0.29) is 5.41 Å². The second kappa shape index (κ2) is 6.74. The predicted octanol–water partition coefficient (Wildman–Crippen LogP) is 6.07. The minimum absolute atomic E-state index is 0.120. The van der Waals surface area contributed by atoms with Gasteiger partial charge in [0, 0.05) is 18.7 Å². The maximum atomic E-state index is 4.97. The Hall–Kier alpha value is -2.22. The van der Waals surface area contributed by atoms with Crippen LogP contribution in [0.1, 0.15) is 68.6 Å². The van der Waals surface area contributed by atoms with Crippen LogP contribution in [-0.4, -0.2) is 4.98 Å². The summed E-state index contributed by atoms with van der Waals surface area (Å²) in [7, 11) is 2.17. The molecular formula is C25H33N2+. The molecule has 0 bridgehead atoms. The van der Waals surface area contributed by atoms with Crippen molar-refractivity contribution in [2.24, 2.45) is 7.05 Å². The Morgan fingerprint density at radius 2 is 1.63 bits per heavy atom. The standard InChI is InChI=1S/C25H33N2/c1-15(2)22-11-10-20-23(26-22)13-17(4)27(9)24(20)21-14-19(25(6,7)8)12-16(3)18(21)5/h10-15H,1-9H3/q+1. The molecule has 3 rings (SSSR count). The lowest BCUT2D eigenvalue weighted by Crippen LogP contribution is -2.35. The van der Waals surface area contributed by atoms with Gasteiger partial charge < -0.3 is 0 Å². The molecule has 0 radical (unpaired) electrons. The smallest absolute Gasteiger partial charge is 0.222 e. The number of fused-ring (bicyclic) bond motifs is 1. The van der Waals surface area contributed by atoms with E-state index < -0.39 is 0 Å². The van der Waals surface area contributed by atoms with Gasteiger partial charge in [-0.25, -0.2) is 0 Å². The molecule has 0 N–H and O–H groups in total. The topological polar surface area (TPSA) is 16.8 Å². The maximum Gasteiger partial charge on any atom is 0.222 e. The van der Waals surface area contributed by atoms with Crippen LogP contribution in [0.15, 0.2) is 30.3 Å². The lowest BCUT2D eigenvalue weighted by Gasteiger charge is -2.22. The fourth-order valence-corrected chi connectivity index (χ4v) is 3.64. The van der Waals surface area contributed by atoms with E-state index in [0.29, 0.717) is 5.92 Å². The molecule has 27 heavy (non-hydrogen) atoms. The summed E-state index contributed by atoms with van der Waals surface area (Å²) in [5, 5.41) is 1.22. The van der Waals surface area contributed by atoms with E-state index in [0.717, 1.165) is 11.2 Å². The van der Waals surface area contributed by atoms with Gasteiger partial charge in [-0.15, -0.1) is 0 Å². The number of benzene rings is 1. The number of hydrogen-bond donors (Lipinski definition) is 0. The summed E-state index contributed by atoms with van der Waals surface area (Å²) in [4.78, 5) is 4.97. The normalized spacial score (nSPS) is 12.2. The highest BCUT2D eigenvalue weighted by molar-refractivity contribution is 5.92. The zero-order valence-electron chi connectivity index (χ0n) is 18.4. The number of aromatic nitrogens is 2. The molecule has 142 valence electrons. The average molecular weight is 362 g/mol. The Labute approximate surface area is 164 Å². The Balaban J connectivity index is 2.41. The molecule has 0 amide bonds. The molecule has 2 aromatic heterocycles. The summed E-state index contributed by atoms with van der Waals surface area (Å²) >= 11 is 0. The van der Waals surface area contributed by atoms with Gasteiger partial charge in [-0.1, -0.05) is 40.7 Å². The molecule has 0 fully saturated rings. The van der Waals surface area contributed by atoms with Crippen molar-refractivity contribution in [2.45, 2.75) is 66.7 Å². The van der Waals surface area contributed by atoms with Crippen LogP contribution >= 0.6 is 0 Å². The SMILES string of the molecule is Cc1cc(C(C)(C)C)cc(-c2c3ccc(C(C)C)nc3cc(C)[n+]2C)c1C. The van der Waals surface area contributed by atoms with Crippen LogP contribution < -0.4 is 4.57 Å². The number of aryl methyl sites for hydroxylation is 2. The number of nitrogens with zero attached hydrogens (tertiary/aromatic N) is 2. The van der Waals surface area contributed by atoms with Gasteiger partial charge in [-0.05, 0) is 60.1 Å². The number of pyridine rings is 2. The van der Waals surface area contributed by atoms with Crippen LogP contribution in [0.2, 0.25) is 0 Å². The van der Waals surface area contributed by atoms with Crippen LogP contribution in [0, 0.1) is 20.8 Å². The van der Waals surface area contributed by atoms with Gasteiger partial charge in [0.2, 0.25) is 5.69 Å². The molecular weight excluding hydrogens is 328 g/mol. The number of hydrogen-bond acceptors (Lipinski definition) is 1. The maximum absolute atomic E-state index is 4.97. The van der Waals surface area contributed by atoms with Gasteiger partial charge in [-0.2, -0.15) is 4.57 Å². The van der Waals surface area contributed by atoms with Crippen LogP contribution in [0.3, 0.4) is 0 Å². The molecule has 0 atom stereocenters. The quantitative estimate of drug-likeness (QED) is 0.506. The minimum atomic E-state index is 0.120. The first kappa shape index (κ1) is 19.5. The van der Waals surface area contributed by atoms with Crippen LogP contribution in [0.4, 0.5) is 0 Å². The minimum Gasteiger partial charge on any atom is -0.252 e. The fraction of sp³-hybridized carbons (Fsp3) is 0.440. The highest BCUT2D eigenvalue weighted by atomic mass is 15.0. The van der Waals surface area contributed by atoms with Gasteiger partial charge in [-0.3, -0.25) is 4.98 Å². The zero-order chi connectivity index (χ0) is 20.1. The van der Waals surface area contributed by atoms with Gasteiger partial charge in [0.15, 0.2) is 5.69 Å². The lowest BCUT2D eigenvalue weighted by molar-refractivity contribution is -0.665. The third-order valence-electron chi connectivity index (χ3n) is 5.79. The molecule has 3 aromatic rings. The molecule has 0 aliphatic carbocycles. The van der Waals surface area contributed by atoms with Gasteiger partial charge in [0.05, 0.1) is 16.5 Å². The van der Waals surface area contributed by atoms with Gasteiger partial charge in [0.1, 0.15) is 7.05 Å². The highest BCUT2D eigenvalue weighted by Gasteiger charge is 2.24. The first-order valence-corrected chi connectivity index (χ1v) is 9.93. The summed E-state index contributed by atoms with van der Waals surface area (Å²) in [6.07, 6.45) is 0. The average Bonchev–Trinajstić information content (AvgIpc) is 2.57. The Bertz CT molecular complexity index is 1020. The molecule has 2 heterocycles. The molecule has 0 aliphatic rings. The van der Waals surface area contributed by atoms with Crippen molar-refractivity contribution >= 4 is 10.9 Å². The Morgan fingerprint density at radius 3 is 2.22 bits per heavy atom. The van der Waals surface area contributed by atoms with Crippen molar-refractivity contribution in [2.75, 3.05) is 0 Å². The zero-order valence-corrected chi connectivity index (χ0v) is 18.4. The van der Waals surface area contributed by atoms with E-state index in [9.17, 15) is 0 Å². The highest BCUT2D eigenvalue weighted by Crippen LogP contribution is 2.34. The Morgan fingerprint density at radius 1 is 0.963 bits per heavy atom. The summed E-state index contributed by atoms with van der Waals surface area (Å²) in [5.74, 6) is 0.431. The molecule has 0 saturated heterocycles. The number of rotatable bonds is 2. The summed E-state index contributed by atoms with van der Waals surface area (Å²) in [6.45, 7) is 17.9. The van der Waals surface area contributed by atoms with E-state index in [1.807, 2.05) is 0 Å². The van der Waals surface area contributed by atoms with Crippen LogP contribution in [-0.2, 0) is 12.5 Å². The molecule has 2 heteroatoms. The summed E-state index contributed by atoms with van der Waals surface area (Å²) in [5.41, 5.74) is 10.2. The van der Waals surface area contributed by atoms with Crippen LogP contribution in [0.25, 0.3) is 22.2 Å². The van der Waals surface area contributed by atoms with E-state index in [1.165, 1.54) is 39.0 Å². The lowest BCUT2D eigenvalue weighted by atomic mass is 9.83. The van der Waals surface area contributed by atoms with Crippen molar-refractivity contribution in [3.8, 4) is 11.3 Å². The fourth-order valence-electron chi connectivity index (χ4n) is 3.64. The van der Waals surface area contributed by atoms with E-state index in [4.69, 9.17) is 4.98 Å². The van der Waals surface area contributed by atoms with E-state index >= 15 is 0 Å². The largest absolute Gasteiger partial charge is 0.252 e. The van der Waals surface area contributed by atoms with Crippen LogP contribution in [0.5, 0.6) is 0 Å². The van der Waals surface area contributed by atoms with Crippen molar-refractivity contribution in [3.63, 3.8) is 0 Å². The van der Waals surface area contributed by atoms with Crippen molar-refractivity contribution in [1.29, 1.82) is 0 Å². The molecule has 2 nitrogen and oxygen atoms in total. The third kappa shape index (κ3) is 3.50. The van der Waals surface area contributed by atoms with Gasteiger partial charge in [0.25, 0.3) is 0 Å². The molecule has 0 spiro atoms. The monoisotopic (exact) mass is 361 g/mol. The second-order valence-corrected chi connectivity index (χ2v) is 9.23.